The third-order valence-electron chi connectivity index (χ3n) is 4.34. The standard InChI is InChI=1S/C18H18N6O3/c1-12-6-7-24-17(19-12)21-22-18(24)20-15(25)13-2-4-14(5-3-13)16(26)23-8-10-27-11-9-23/h2-7H,8-11H2,1H3,(H,20,22,25). The number of carbonyl (C=O) groups excluding carboxylic acids is 2. The summed E-state index contributed by atoms with van der Waals surface area (Å²) in [6, 6.07) is 8.35. The average molecular weight is 366 g/mol. The van der Waals surface area contributed by atoms with E-state index < -0.39 is 0 Å². The maximum Gasteiger partial charge on any atom is 0.258 e. The number of hydrogen-bond donors (Lipinski definition) is 1. The fourth-order valence-corrected chi connectivity index (χ4v) is 2.85. The van der Waals surface area contributed by atoms with Crippen molar-refractivity contribution in [1.29, 1.82) is 0 Å². The van der Waals surface area contributed by atoms with Crippen LogP contribution in [0.5, 0.6) is 0 Å². The molecule has 1 aliphatic heterocycles. The highest BCUT2D eigenvalue weighted by molar-refractivity contribution is 6.04. The molecule has 3 heterocycles. The molecule has 138 valence electrons. The molecule has 0 bridgehead atoms. The molecule has 2 amide bonds. The summed E-state index contributed by atoms with van der Waals surface area (Å²) in [6.07, 6.45) is 1.75. The van der Waals surface area contributed by atoms with Crippen molar-refractivity contribution < 1.29 is 14.3 Å². The van der Waals surface area contributed by atoms with Crippen LogP contribution in [0.1, 0.15) is 26.4 Å². The van der Waals surface area contributed by atoms with E-state index in [1.807, 2.05) is 6.92 Å². The van der Waals surface area contributed by atoms with Crippen molar-refractivity contribution in [3.05, 3.63) is 53.3 Å². The Balaban J connectivity index is 1.48. The number of aromatic nitrogens is 4. The highest BCUT2D eigenvalue weighted by atomic mass is 16.5. The molecule has 0 atom stereocenters. The molecule has 1 saturated heterocycles. The van der Waals surface area contributed by atoms with Crippen LogP contribution in [0, 0.1) is 6.92 Å². The predicted molar refractivity (Wildman–Crippen MR) is 96.6 cm³/mol. The fraction of sp³-hybridized carbons (Fsp3) is 0.278. The highest BCUT2D eigenvalue weighted by Crippen LogP contribution is 2.12. The number of ether oxygens (including phenoxy) is 1. The number of rotatable bonds is 3. The number of anilines is 1. The molecule has 1 aromatic carbocycles. The average Bonchev–Trinajstić information content (AvgIpc) is 3.10. The lowest BCUT2D eigenvalue weighted by Crippen LogP contribution is -2.40. The lowest BCUT2D eigenvalue weighted by Gasteiger charge is -2.26. The first-order valence-electron chi connectivity index (χ1n) is 8.58. The van der Waals surface area contributed by atoms with Crippen LogP contribution in [-0.2, 0) is 4.74 Å². The van der Waals surface area contributed by atoms with Crippen molar-refractivity contribution in [2.75, 3.05) is 31.6 Å². The molecule has 9 heteroatoms. The fourth-order valence-electron chi connectivity index (χ4n) is 2.85. The van der Waals surface area contributed by atoms with E-state index in [-0.39, 0.29) is 17.8 Å². The summed E-state index contributed by atoms with van der Waals surface area (Å²) in [5.74, 6) is 0.304. The van der Waals surface area contributed by atoms with E-state index in [9.17, 15) is 9.59 Å². The summed E-state index contributed by atoms with van der Waals surface area (Å²) in [5.41, 5.74) is 1.78. The quantitative estimate of drug-likeness (QED) is 0.746. The van der Waals surface area contributed by atoms with Gasteiger partial charge in [-0.15, -0.1) is 10.2 Å². The smallest absolute Gasteiger partial charge is 0.258 e. The monoisotopic (exact) mass is 366 g/mol. The van der Waals surface area contributed by atoms with Crippen molar-refractivity contribution in [2.24, 2.45) is 0 Å². The molecule has 2 aromatic heterocycles. The Morgan fingerprint density at radius 3 is 2.48 bits per heavy atom. The topological polar surface area (TPSA) is 102 Å². The molecule has 4 rings (SSSR count). The Morgan fingerprint density at radius 1 is 1.04 bits per heavy atom. The van der Waals surface area contributed by atoms with E-state index in [0.29, 0.717) is 43.2 Å². The lowest BCUT2D eigenvalue weighted by molar-refractivity contribution is 0.0303. The second kappa shape index (κ2) is 7.12. The second-order valence-electron chi connectivity index (χ2n) is 6.20. The van der Waals surface area contributed by atoms with Crippen LogP contribution < -0.4 is 5.32 Å². The molecule has 27 heavy (non-hydrogen) atoms. The van der Waals surface area contributed by atoms with Gasteiger partial charge in [0, 0.05) is 36.1 Å². The molecule has 1 N–H and O–H groups in total. The molecule has 0 unspecified atom stereocenters. The number of benzene rings is 1. The van der Waals surface area contributed by atoms with Gasteiger partial charge < -0.3 is 9.64 Å². The molecule has 0 aliphatic carbocycles. The Kier molecular flexibility index (Phi) is 4.51. The summed E-state index contributed by atoms with van der Waals surface area (Å²) in [5, 5.41) is 10.6. The van der Waals surface area contributed by atoms with Gasteiger partial charge >= 0.3 is 0 Å². The number of morpholine rings is 1. The van der Waals surface area contributed by atoms with Gasteiger partial charge in [-0.1, -0.05) is 0 Å². The first-order chi connectivity index (χ1) is 13.1. The van der Waals surface area contributed by atoms with E-state index in [0.717, 1.165) is 5.69 Å². The number of amides is 2. The van der Waals surface area contributed by atoms with Gasteiger partial charge in [0.25, 0.3) is 17.6 Å². The molecule has 0 spiro atoms. The summed E-state index contributed by atoms with van der Waals surface area (Å²) < 4.78 is 6.86. The van der Waals surface area contributed by atoms with Crippen LogP contribution in [0.25, 0.3) is 5.78 Å². The Hall–Kier alpha value is -3.33. The summed E-state index contributed by atoms with van der Waals surface area (Å²) >= 11 is 0. The third-order valence-corrected chi connectivity index (χ3v) is 4.34. The molecule has 3 aromatic rings. The van der Waals surface area contributed by atoms with Gasteiger partial charge in [-0.2, -0.15) is 0 Å². The molecule has 1 aliphatic rings. The summed E-state index contributed by atoms with van der Waals surface area (Å²) in [6.45, 7) is 4.11. The van der Waals surface area contributed by atoms with Gasteiger partial charge in [-0.05, 0) is 37.3 Å². The van der Waals surface area contributed by atoms with E-state index >= 15 is 0 Å². The molecular formula is C18H18N6O3. The van der Waals surface area contributed by atoms with Crippen LogP contribution >= 0.6 is 0 Å². The number of nitrogens with one attached hydrogen (secondary N) is 1. The van der Waals surface area contributed by atoms with Crippen molar-refractivity contribution in [3.8, 4) is 0 Å². The second-order valence-corrected chi connectivity index (χ2v) is 6.20. The predicted octanol–water partition coefficient (Wildman–Crippen LogP) is 1.16. The van der Waals surface area contributed by atoms with Crippen molar-refractivity contribution in [2.45, 2.75) is 6.92 Å². The zero-order valence-corrected chi connectivity index (χ0v) is 14.8. The number of aryl methyl sites for hydroxylation is 1. The van der Waals surface area contributed by atoms with E-state index in [4.69, 9.17) is 4.74 Å². The van der Waals surface area contributed by atoms with Crippen LogP contribution in [0.2, 0.25) is 0 Å². The van der Waals surface area contributed by atoms with Crippen LogP contribution in [-0.4, -0.2) is 62.6 Å². The van der Waals surface area contributed by atoms with E-state index in [1.54, 1.807) is 45.8 Å². The Morgan fingerprint density at radius 2 is 1.74 bits per heavy atom. The van der Waals surface area contributed by atoms with Crippen LogP contribution in [0.15, 0.2) is 36.5 Å². The summed E-state index contributed by atoms with van der Waals surface area (Å²) in [4.78, 5) is 30.9. The van der Waals surface area contributed by atoms with Gasteiger partial charge in [0.2, 0.25) is 5.95 Å². The van der Waals surface area contributed by atoms with Gasteiger partial charge in [0.05, 0.1) is 13.2 Å². The minimum absolute atomic E-state index is 0.0600. The van der Waals surface area contributed by atoms with E-state index in [1.165, 1.54) is 0 Å². The molecular weight excluding hydrogens is 348 g/mol. The maximum atomic E-state index is 12.5. The SMILES string of the molecule is Cc1ccn2c(NC(=O)c3ccc(C(=O)N4CCOCC4)cc3)nnc2n1. The highest BCUT2D eigenvalue weighted by Gasteiger charge is 2.19. The lowest BCUT2D eigenvalue weighted by atomic mass is 10.1. The Bertz CT molecular complexity index is 992. The summed E-state index contributed by atoms with van der Waals surface area (Å²) in [7, 11) is 0. The van der Waals surface area contributed by atoms with Gasteiger partial charge in [-0.3, -0.25) is 19.3 Å². The zero-order valence-electron chi connectivity index (χ0n) is 14.8. The minimum Gasteiger partial charge on any atom is -0.378 e. The molecule has 1 fully saturated rings. The van der Waals surface area contributed by atoms with Crippen LogP contribution in [0.3, 0.4) is 0 Å². The van der Waals surface area contributed by atoms with Gasteiger partial charge in [0.1, 0.15) is 0 Å². The number of carbonyl (C=O) groups is 2. The van der Waals surface area contributed by atoms with Gasteiger partial charge in [0.15, 0.2) is 0 Å². The number of hydrogen-bond acceptors (Lipinski definition) is 6. The Labute approximate surface area is 155 Å². The van der Waals surface area contributed by atoms with Gasteiger partial charge in [-0.25, -0.2) is 4.98 Å². The normalized spacial score (nSPS) is 14.3. The molecule has 0 radical (unpaired) electrons. The van der Waals surface area contributed by atoms with Crippen LogP contribution in [0.4, 0.5) is 5.95 Å². The van der Waals surface area contributed by atoms with Crippen molar-refractivity contribution in [1.82, 2.24) is 24.5 Å². The van der Waals surface area contributed by atoms with Crippen molar-refractivity contribution in [3.63, 3.8) is 0 Å². The van der Waals surface area contributed by atoms with E-state index in [2.05, 4.69) is 20.5 Å². The largest absolute Gasteiger partial charge is 0.378 e. The number of fused-ring (bicyclic) bond motifs is 1. The first-order valence-corrected chi connectivity index (χ1v) is 8.58. The molecule has 9 nitrogen and oxygen atoms in total. The molecule has 0 saturated carbocycles. The zero-order chi connectivity index (χ0) is 18.8. The van der Waals surface area contributed by atoms with Crippen molar-refractivity contribution >= 4 is 23.5 Å². The number of nitrogens with zero attached hydrogens (tertiary/aromatic N) is 5. The minimum atomic E-state index is -0.338. The first kappa shape index (κ1) is 17.1. The third kappa shape index (κ3) is 3.49. The maximum absolute atomic E-state index is 12.5.